The van der Waals surface area contributed by atoms with E-state index in [1.54, 1.807) is 16.4 Å². The van der Waals surface area contributed by atoms with E-state index in [1.165, 1.54) is 6.33 Å². The van der Waals surface area contributed by atoms with Gasteiger partial charge in [0.2, 0.25) is 8.32 Å². The molecule has 0 unspecified atom stereocenters. The van der Waals surface area contributed by atoms with Crippen molar-refractivity contribution in [2.75, 3.05) is 18.1 Å². The van der Waals surface area contributed by atoms with Gasteiger partial charge in [-0.1, -0.05) is 48.5 Å². The van der Waals surface area contributed by atoms with Crippen LogP contribution in [0.25, 0.3) is 11.0 Å². The number of thioether (sulfide) groups is 1. The topological polar surface area (TPSA) is 157 Å². The minimum atomic E-state index is -4.14. The molecule has 1 fully saturated rings. The fourth-order valence-electron chi connectivity index (χ4n) is 5.36. The Morgan fingerprint density at radius 3 is 2.37 bits per heavy atom. The van der Waals surface area contributed by atoms with Crippen molar-refractivity contribution in [3.05, 3.63) is 6.33 Å². The van der Waals surface area contributed by atoms with Crippen molar-refractivity contribution >= 4 is 47.2 Å². The molecule has 3 heterocycles. The third-order valence-electron chi connectivity index (χ3n) is 6.68. The van der Waals surface area contributed by atoms with E-state index in [2.05, 4.69) is 51.5 Å². The van der Waals surface area contributed by atoms with Crippen molar-refractivity contribution in [1.29, 1.82) is 0 Å². The van der Waals surface area contributed by atoms with Gasteiger partial charge >= 0.3 is 10.3 Å². The Morgan fingerprint density at radius 2 is 1.83 bits per heavy atom. The molecule has 0 radical (unpaired) electrons. The van der Waals surface area contributed by atoms with Crippen LogP contribution in [0, 0.1) is 0 Å². The molecular formula is C21H38N6O5S2Si. The lowest BCUT2D eigenvalue weighted by Gasteiger charge is -2.44. The molecule has 0 bridgehead atoms. The molecule has 2 aromatic rings. The number of nitrogen functional groups attached to an aromatic ring is 1. The van der Waals surface area contributed by atoms with Crippen molar-refractivity contribution in [2.45, 2.75) is 95.0 Å². The molecular weight excluding hydrogens is 508 g/mol. The zero-order valence-corrected chi connectivity index (χ0v) is 24.1. The van der Waals surface area contributed by atoms with Crippen molar-refractivity contribution in [3.8, 4) is 0 Å². The predicted octanol–water partition coefficient (Wildman–Crippen LogP) is 3.59. The first kappa shape index (κ1) is 28.3. The van der Waals surface area contributed by atoms with E-state index in [0.717, 1.165) is 10.8 Å². The highest BCUT2D eigenvalue weighted by Crippen LogP contribution is 2.46. The zero-order chi connectivity index (χ0) is 26.1. The van der Waals surface area contributed by atoms with Gasteiger partial charge in [0.15, 0.2) is 11.9 Å². The van der Waals surface area contributed by atoms with Crippen molar-refractivity contribution in [1.82, 2.24) is 19.7 Å². The van der Waals surface area contributed by atoms with Crippen LogP contribution in [0.15, 0.2) is 11.4 Å². The van der Waals surface area contributed by atoms with Crippen molar-refractivity contribution < 1.29 is 21.8 Å². The number of anilines is 1. The van der Waals surface area contributed by atoms with Gasteiger partial charge in [0, 0.05) is 6.42 Å². The highest BCUT2D eigenvalue weighted by atomic mass is 32.2. The number of nitrogens with two attached hydrogens (primary N) is 2. The highest BCUT2D eigenvalue weighted by Gasteiger charge is 2.50. The molecule has 1 aliphatic rings. The van der Waals surface area contributed by atoms with E-state index in [4.69, 9.17) is 29.3 Å². The molecule has 2 aromatic heterocycles. The summed E-state index contributed by atoms with van der Waals surface area (Å²) in [6.45, 7) is 15.0. The van der Waals surface area contributed by atoms with Gasteiger partial charge in [-0.2, -0.15) is 13.5 Å². The Kier molecular flexibility index (Phi) is 8.88. The molecule has 35 heavy (non-hydrogen) atoms. The van der Waals surface area contributed by atoms with Gasteiger partial charge in [-0.25, -0.2) is 19.8 Å². The van der Waals surface area contributed by atoms with Crippen LogP contribution in [0.3, 0.4) is 0 Å². The van der Waals surface area contributed by atoms with Crippen LogP contribution in [0.2, 0.25) is 16.6 Å². The summed E-state index contributed by atoms with van der Waals surface area (Å²) in [4.78, 5) is 8.54. The van der Waals surface area contributed by atoms with E-state index >= 15 is 0 Å². The fraction of sp³-hybridized carbons (Fsp3) is 0.762. The van der Waals surface area contributed by atoms with Gasteiger partial charge in [-0.05, 0) is 22.4 Å². The molecule has 3 rings (SSSR count). The summed E-state index contributed by atoms with van der Waals surface area (Å²) in [5.74, 6) is 1.15. The number of nitrogens with zero attached hydrogens (tertiary/aromatic N) is 4. The van der Waals surface area contributed by atoms with Gasteiger partial charge < -0.3 is 14.9 Å². The predicted molar refractivity (Wildman–Crippen MR) is 140 cm³/mol. The minimum absolute atomic E-state index is 0.244. The number of aromatic nitrogens is 4. The Labute approximate surface area is 213 Å². The molecule has 3 atom stereocenters. The van der Waals surface area contributed by atoms with Crippen LogP contribution in [0.5, 0.6) is 0 Å². The standard InChI is InChI=1S/C21H38N6O5S2Si/c1-8-33-21-18-19(22)24-11-25-20(18)27(26-21)17-9-15(16(31-17)10-30-34(23,28)29)32-35(12(2)3,13(4)5)14(6)7/h11-17H,8-10H2,1-7H3,(H2,22,24,25)(H2,23,28,29)/t15-,16-,17-/m1/s1. The Bertz CT molecular complexity index is 1110. The molecule has 1 saturated heterocycles. The average molecular weight is 547 g/mol. The van der Waals surface area contributed by atoms with Crippen molar-refractivity contribution in [2.24, 2.45) is 5.14 Å². The maximum Gasteiger partial charge on any atom is 0.333 e. The molecule has 198 valence electrons. The molecule has 11 nitrogen and oxygen atoms in total. The number of rotatable bonds is 11. The monoisotopic (exact) mass is 546 g/mol. The summed E-state index contributed by atoms with van der Waals surface area (Å²) < 4.78 is 43.1. The second-order valence-electron chi connectivity index (χ2n) is 9.76. The zero-order valence-electron chi connectivity index (χ0n) is 21.5. The first-order valence-electron chi connectivity index (χ1n) is 11.9. The van der Waals surface area contributed by atoms with Crippen LogP contribution in [0.4, 0.5) is 5.82 Å². The lowest BCUT2D eigenvalue weighted by atomic mass is 10.2. The van der Waals surface area contributed by atoms with E-state index < -0.39 is 37.1 Å². The summed E-state index contributed by atoms with van der Waals surface area (Å²) in [5.41, 5.74) is 7.73. The van der Waals surface area contributed by atoms with Crippen molar-refractivity contribution in [3.63, 3.8) is 0 Å². The fourth-order valence-corrected chi connectivity index (χ4v) is 12.0. The number of hydrogen-bond donors (Lipinski definition) is 2. The highest BCUT2D eigenvalue weighted by molar-refractivity contribution is 7.99. The normalized spacial score (nSPS) is 21.7. The van der Waals surface area contributed by atoms with E-state index in [9.17, 15) is 8.42 Å². The second kappa shape index (κ2) is 11.0. The lowest BCUT2D eigenvalue weighted by molar-refractivity contribution is -0.0400. The number of hydrogen-bond acceptors (Lipinski definition) is 10. The van der Waals surface area contributed by atoms with E-state index in [0.29, 0.717) is 39.9 Å². The van der Waals surface area contributed by atoms with Crippen LogP contribution in [0.1, 0.15) is 61.1 Å². The molecule has 4 N–H and O–H groups in total. The summed E-state index contributed by atoms with van der Waals surface area (Å²) in [5, 5.41) is 11.3. The van der Waals surface area contributed by atoms with E-state index in [-0.39, 0.29) is 6.61 Å². The van der Waals surface area contributed by atoms with Gasteiger partial charge in [-0.15, -0.1) is 11.8 Å². The van der Waals surface area contributed by atoms with E-state index in [1.807, 2.05) is 6.92 Å². The van der Waals surface area contributed by atoms with Gasteiger partial charge in [0.1, 0.15) is 23.3 Å². The third-order valence-corrected chi connectivity index (χ3v) is 14.1. The second-order valence-corrected chi connectivity index (χ2v) is 17.6. The largest absolute Gasteiger partial charge is 0.410 e. The molecule has 0 spiro atoms. The average Bonchev–Trinajstić information content (AvgIpc) is 3.31. The maximum absolute atomic E-state index is 11.6. The molecule has 0 aliphatic carbocycles. The van der Waals surface area contributed by atoms with Gasteiger partial charge in [0.25, 0.3) is 0 Å². The Morgan fingerprint density at radius 1 is 1.20 bits per heavy atom. The summed E-state index contributed by atoms with van der Waals surface area (Å²) in [6.07, 6.45) is 0.254. The Hall–Kier alpha value is -1.29. The Balaban J connectivity index is 2.02. The molecule has 0 amide bonds. The molecule has 0 aromatic carbocycles. The van der Waals surface area contributed by atoms with Crippen LogP contribution in [-0.2, 0) is 23.7 Å². The number of fused-ring (bicyclic) bond motifs is 1. The van der Waals surface area contributed by atoms with Crippen LogP contribution in [-0.4, -0.2) is 61.1 Å². The summed E-state index contributed by atoms with van der Waals surface area (Å²) in [7, 11) is -6.45. The minimum Gasteiger partial charge on any atom is -0.410 e. The van der Waals surface area contributed by atoms with Gasteiger partial charge in [-0.3, -0.25) is 4.18 Å². The smallest absolute Gasteiger partial charge is 0.333 e. The first-order chi connectivity index (χ1) is 16.3. The lowest BCUT2D eigenvalue weighted by Crippen LogP contribution is -2.52. The van der Waals surface area contributed by atoms with Crippen LogP contribution >= 0.6 is 11.8 Å². The molecule has 1 aliphatic heterocycles. The summed E-state index contributed by atoms with van der Waals surface area (Å²) in [6, 6.07) is 0. The van der Waals surface area contributed by atoms with Crippen LogP contribution < -0.4 is 10.9 Å². The third kappa shape index (κ3) is 5.83. The number of ether oxygens (including phenoxy) is 1. The maximum atomic E-state index is 11.6. The molecule has 14 heteroatoms. The molecule has 0 saturated carbocycles. The summed E-state index contributed by atoms with van der Waals surface area (Å²) >= 11 is 1.54. The van der Waals surface area contributed by atoms with Gasteiger partial charge in [0.05, 0.1) is 18.1 Å². The quantitative estimate of drug-likeness (QED) is 0.315. The first-order valence-corrected chi connectivity index (χ1v) is 16.5. The SMILES string of the molecule is CCSc1nn([C@H]2C[C@@H](O[Si](C(C)C)(C(C)C)C(C)C)[C@@H](COS(N)(=O)=O)O2)c2ncnc(N)c12.